The number of ether oxygens (including phenoxy) is 1. The minimum Gasteiger partial charge on any atom is -0.494 e. The summed E-state index contributed by atoms with van der Waals surface area (Å²) in [6, 6.07) is 7.32. The Labute approximate surface area is 121 Å². The minimum atomic E-state index is -4.41. The van der Waals surface area contributed by atoms with E-state index in [2.05, 4.69) is 0 Å². The van der Waals surface area contributed by atoms with E-state index < -0.39 is 25.2 Å². The molecule has 0 aliphatic carbocycles. The Hall–Kier alpha value is -1.76. The Morgan fingerprint density at radius 2 is 2.10 bits per heavy atom. The van der Waals surface area contributed by atoms with Gasteiger partial charge in [-0.2, -0.15) is 13.2 Å². The van der Waals surface area contributed by atoms with E-state index in [0.29, 0.717) is 12.2 Å². The van der Waals surface area contributed by atoms with Crippen molar-refractivity contribution in [2.45, 2.75) is 19.5 Å². The van der Waals surface area contributed by atoms with Crippen molar-refractivity contribution in [1.29, 1.82) is 0 Å². The van der Waals surface area contributed by atoms with Gasteiger partial charge in [0.15, 0.2) is 0 Å². The molecule has 0 amide bonds. The molecule has 1 aromatic carbocycles. The van der Waals surface area contributed by atoms with Crippen LogP contribution in [0.2, 0.25) is 0 Å². The number of carbonyl (C=O) groups is 1. The average molecular weight is 305 g/mol. The molecule has 0 radical (unpaired) electrons. The SMILES string of the molecule is Cc1cccc(OCCCN(CC(=O)O)CC(F)(F)F)c1. The Morgan fingerprint density at radius 1 is 1.38 bits per heavy atom. The number of halogens is 3. The number of carboxylic acids is 1. The van der Waals surface area contributed by atoms with Crippen LogP contribution in [0.5, 0.6) is 5.75 Å². The van der Waals surface area contributed by atoms with Crippen molar-refractivity contribution in [2.24, 2.45) is 0 Å². The van der Waals surface area contributed by atoms with Crippen molar-refractivity contribution in [3.63, 3.8) is 0 Å². The van der Waals surface area contributed by atoms with Gasteiger partial charge in [-0.1, -0.05) is 12.1 Å². The zero-order valence-corrected chi connectivity index (χ0v) is 11.7. The molecule has 1 N–H and O–H groups in total. The lowest BCUT2D eigenvalue weighted by atomic mass is 10.2. The number of alkyl halides is 3. The molecule has 0 atom stereocenters. The van der Waals surface area contributed by atoms with E-state index >= 15 is 0 Å². The molecule has 1 rings (SSSR count). The maximum absolute atomic E-state index is 12.3. The highest BCUT2D eigenvalue weighted by molar-refractivity contribution is 5.69. The van der Waals surface area contributed by atoms with Gasteiger partial charge in [-0.25, -0.2) is 0 Å². The summed E-state index contributed by atoms with van der Waals surface area (Å²) in [5.74, 6) is -0.630. The number of carboxylic acid groups (broad SMARTS) is 1. The van der Waals surface area contributed by atoms with Gasteiger partial charge < -0.3 is 9.84 Å². The van der Waals surface area contributed by atoms with E-state index in [-0.39, 0.29) is 13.2 Å². The van der Waals surface area contributed by atoms with Crippen molar-refractivity contribution in [1.82, 2.24) is 4.90 Å². The molecular weight excluding hydrogens is 287 g/mol. The van der Waals surface area contributed by atoms with Gasteiger partial charge in [-0.05, 0) is 31.0 Å². The third-order valence-electron chi connectivity index (χ3n) is 2.64. The molecule has 0 saturated heterocycles. The first-order valence-corrected chi connectivity index (χ1v) is 6.46. The van der Waals surface area contributed by atoms with Gasteiger partial charge in [0.05, 0.1) is 19.7 Å². The predicted octanol–water partition coefficient (Wildman–Crippen LogP) is 2.71. The molecule has 0 aliphatic heterocycles. The number of nitrogens with zero attached hydrogens (tertiary/aromatic N) is 1. The average Bonchev–Trinajstić information content (AvgIpc) is 2.32. The molecule has 0 bridgehead atoms. The van der Waals surface area contributed by atoms with Gasteiger partial charge in [-0.3, -0.25) is 9.69 Å². The van der Waals surface area contributed by atoms with Crippen molar-refractivity contribution in [2.75, 3.05) is 26.2 Å². The van der Waals surface area contributed by atoms with Gasteiger partial charge in [0.25, 0.3) is 0 Å². The fourth-order valence-electron chi connectivity index (χ4n) is 1.84. The molecule has 0 unspecified atom stereocenters. The van der Waals surface area contributed by atoms with Gasteiger partial charge in [0.1, 0.15) is 5.75 Å². The lowest BCUT2D eigenvalue weighted by molar-refractivity contribution is -0.154. The first-order valence-electron chi connectivity index (χ1n) is 6.46. The van der Waals surface area contributed by atoms with Crippen LogP contribution >= 0.6 is 0 Å². The molecular formula is C14H18F3NO3. The molecule has 7 heteroatoms. The molecule has 118 valence electrons. The van der Waals surface area contributed by atoms with Crippen molar-refractivity contribution < 1.29 is 27.8 Å². The predicted molar refractivity (Wildman–Crippen MR) is 71.4 cm³/mol. The Kier molecular flexibility index (Phi) is 6.48. The van der Waals surface area contributed by atoms with Crippen LogP contribution in [-0.4, -0.2) is 48.4 Å². The molecule has 21 heavy (non-hydrogen) atoms. The first-order chi connectivity index (χ1) is 9.76. The summed E-state index contributed by atoms with van der Waals surface area (Å²) >= 11 is 0. The summed E-state index contributed by atoms with van der Waals surface area (Å²) in [7, 11) is 0. The summed E-state index contributed by atoms with van der Waals surface area (Å²) in [4.78, 5) is 11.4. The molecule has 0 aromatic heterocycles. The Balaban J connectivity index is 2.37. The number of hydrogen-bond acceptors (Lipinski definition) is 3. The summed E-state index contributed by atoms with van der Waals surface area (Å²) in [5.41, 5.74) is 1.03. The molecule has 0 spiro atoms. The fraction of sp³-hybridized carbons (Fsp3) is 0.500. The van der Waals surface area contributed by atoms with E-state index in [4.69, 9.17) is 9.84 Å². The largest absolute Gasteiger partial charge is 0.494 e. The third-order valence-corrected chi connectivity index (χ3v) is 2.64. The van der Waals surface area contributed by atoms with Crippen LogP contribution in [-0.2, 0) is 4.79 Å². The van der Waals surface area contributed by atoms with Crippen molar-refractivity contribution in [3.8, 4) is 5.75 Å². The van der Waals surface area contributed by atoms with Crippen molar-refractivity contribution >= 4 is 5.97 Å². The summed E-state index contributed by atoms with van der Waals surface area (Å²) < 4.78 is 42.3. The van der Waals surface area contributed by atoms with Crippen molar-refractivity contribution in [3.05, 3.63) is 29.8 Å². The highest BCUT2D eigenvalue weighted by atomic mass is 19.4. The Bertz CT molecular complexity index is 463. The minimum absolute atomic E-state index is 0.0115. The van der Waals surface area contributed by atoms with E-state index in [1.165, 1.54) is 0 Å². The maximum Gasteiger partial charge on any atom is 0.401 e. The van der Waals surface area contributed by atoms with E-state index in [0.717, 1.165) is 10.5 Å². The normalized spacial score (nSPS) is 11.7. The van der Waals surface area contributed by atoms with Crippen LogP contribution in [0, 0.1) is 6.92 Å². The van der Waals surface area contributed by atoms with E-state index in [9.17, 15) is 18.0 Å². The Morgan fingerprint density at radius 3 is 2.67 bits per heavy atom. The van der Waals surface area contributed by atoms with Crippen LogP contribution in [0.1, 0.15) is 12.0 Å². The van der Waals surface area contributed by atoms with Crippen LogP contribution < -0.4 is 4.74 Å². The number of aliphatic carboxylic acids is 1. The molecule has 0 saturated carbocycles. The zero-order valence-electron chi connectivity index (χ0n) is 11.7. The molecule has 0 aliphatic rings. The second-order valence-electron chi connectivity index (χ2n) is 4.74. The zero-order chi connectivity index (χ0) is 15.9. The van der Waals surface area contributed by atoms with E-state index in [1.807, 2.05) is 25.1 Å². The lowest BCUT2D eigenvalue weighted by Crippen LogP contribution is -2.38. The smallest absolute Gasteiger partial charge is 0.401 e. The molecule has 0 fully saturated rings. The third kappa shape index (κ3) is 8.19. The topological polar surface area (TPSA) is 49.8 Å². The van der Waals surface area contributed by atoms with Gasteiger partial charge in [-0.15, -0.1) is 0 Å². The summed E-state index contributed by atoms with van der Waals surface area (Å²) in [6.07, 6.45) is -4.09. The number of hydrogen-bond donors (Lipinski definition) is 1. The van der Waals surface area contributed by atoms with Crippen LogP contribution in [0.25, 0.3) is 0 Å². The van der Waals surface area contributed by atoms with Crippen LogP contribution in [0.15, 0.2) is 24.3 Å². The molecule has 4 nitrogen and oxygen atoms in total. The molecule has 0 heterocycles. The highest BCUT2D eigenvalue weighted by Gasteiger charge is 2.31. The van der Waals surface area contributed by atoms with Gasteiger partial charge in [0.2, 0.25) is 0 Å². The van der Waals surface area contributed by atoms with Crippen LogP contribution in [0.4, 0.5) is 13.2 Å². The lowest BCUT2D eigenvalue weighted by Gasteiger charge is -2.21. The maximum atomic E-state index is 12.3. The standard InChI is InChI=1S/C14H18F3NO3/c1-11-4-2-5-12(8-11)21-7-3-6-18(9-13(19)20)10-14(15,16)17/h2,4-5,8H,3,6-7,9-10H2,1H3,(H,19,20). The number of rotatable bonds is 8. The highest BCUT2D eigenvalue weighted by Crippen LogP contribution is 2.17. The second kappa shape index (κ2) is 7.87. The quantitative estimate of drug-likeness (QED) is 0.750. The van der Waals surface area contributed by atoms with Gasteiger partial charge >= 0.3 is 12.1 Å². The van der Waals surface area contributed by atoms with Gasteiger partial charge in [0, 0.05) is 6.54 Å². The summed E-state index contributed by atoms with van der Waals surface area (Å²) in [6.45, 7) is 0.285. The fourth-order valence-corrected chi connectivity index (χ4v) is 1.84. The number of aryl methyl sites for hydroxylation is 1. The number of benzene rings is 1. The molecule has 1 aromatic rings. The monoisotopic (exact) mass is 305 g/mol. The van der Waals surface area contributed by atoms with Crippen LogP contribution in [0.3, 0.4) is 0 Å². The second-order valence-corrected chi connectivity index (χ2v) is 4.74. The van der Waals surface area contributed by atoms with E-state index in [1.54, 1.807) is 6.07 Å². The summed E-state index contributed by atoms with van der Waals surface area (Å²) in [5, 5.41) is 8.61. The first kappa shape index (κ1) is 17.3.